The molecular weight excluding hydrogens is 376 g/mol. The van der Waals surface area contributed by atoms with Gasteiger partial charge in [-0.1, -0.05) is 6.07 Å². The number of nitrogens with zero attached hydrogens (tertiary/aromatic N) is 4. The second kappa shape index (κ2) is 8.07. The van der Waals surface area contributed by atoms with Crippen LogP contribution in [0.25, 0.3) is 5.82 Å². The number of benzene rings is 1. The third-order valence-corrected chi connectivity index (χ3v) is 5.97. The Balaban J connectivity index is 1.64. The minimum absolute atomic E-state index is 0.231. The van der Waals surface area contributed by atoms with E-state index in [1.165, 1.54) is 0 Å². The number of aryl methyl sites for hydroxylation is 4. The SMILES string of the molecule is Cc1nc(NCCNS(=O)(=O)c2cc(C)c(C)cc2C)cc(-n2cccn2)n1. The van der Waals surface area contributed by atoms with E-state index in [0.29, 0.717) is 28.9 Å². The van der Waals surface area contributed by atoms with Gasteiger partial charge in [0.1, 0.15) is 11.6 Å². The summed E-state index contributed by atoms with van der Waals surface area (Å²) in [6.45, 7) is 8.09. The lowest BCUT2D eigenvalue weighted by atomic mass is 10.1. The van der Waals surface area contributed by atoms with Gasteiger partial charge in [0.25, 0.3) is 0 Å². The predicted molar refractivity (Wildman–Crippen MR) is 108 cm³/mol. The number of aromatic nitrogens is 4. The Bertz CT molecular complexity index is 1080. The highest BCUT2D eigenvalue weighted by molar-refractivity contribution is 7.89. The second-order valence-electron chi connectivity index (χ2n) is 6.64. The van der Waals surface area contributed by atoms with Crippen molar-refractivity contribution in [3.8, 4) is 5.82 Å². The normalized spacial score (nSPS) is 11.6. The largest absolute Gasteiger partial charge is 0.369 e. The molecule has 0 fully saturated rings. The Hall–Kier alpha value is -2.78. The van der Waals surface area contributed by atoms with Crippen LogP contribution in [-0.2, 0) is 10.0 Å². The monoisotopic (exact) mass is 400 g/mol. The molecule has 0 aliphatic rings. The summed E-state index contributed by atoms with van der Waals surface area (Å²) in [4.78, 5) is 8.99. The molecule has 2 aromatic heterocycles. The van der Waals surface area contributed by atoms with Crippen LogP contribution in [0.4, 0.5) is 5.82 Å². The van der Waals surface area contributed by atoms with Gasteiger partial charge in [0, 0.05) is 31.5 Å². The van der Waals surface area contributed by atoms with Crippen LogP contribution >= 0.6 is 0 Å². The molecule has 0 atom stereocenters. The summed E-state index contributed by atoms with van der Waals surface area (Å²) in [7, 11) is -3.57. The van der Waals surface area contributed by atoms with Crippen molar-refractivity contribution in [2.75, 3.05) is 18.4 Å². The van der Waals surface area contributed by atoms with Gasteiger partial charge in [0.15, 0.2) is 5.82 Å². The molecule has 0 radical (unpaired) electrons. The van der Waals surface area contributed by atoms with Gasteiger partial charge in [-0.25, -0.2) is 27.8 Å². The van der Waals surface area contributed by atoms with Gasteiger partial charge >= 0.3 is 0 Å². The Morgan fingerprint density at radius 3 is 2.43 bits per heavy atom. The number of rotatable bonds is 7. The molecule has 0 saturated heterocycles. The van der Waals surface area contributed by atoms with Crippen LogP contribution in [0, 0.1) is 27.7 Å². The predicted octanol–water partition coefficient (Wildman–Crippen LogP) is 2.29. The van der Waals surface area contributed by atoms with Crippen LogP contribution < -0.4 is 10.0 Å². The maximum atomic E-state index is 12.6. The minimum atomic E-state index is -3.57. The molecule has 2 heterocycles. The zero-order chi connectivity index (χ0) is 20.3. The summed E-state index contributed by atoms with van der Waals surface area (Å²) < 4.78 is 29.5. The Morgan fingerprint density at radius 2 is 1.71 bits per heavy atom. The third kappa shape index (κ3) is 4.55. The first-order valence-electron chi connectivity index (χ1n) is 8.93. The van der Waals surface area contributed by atoms with Crippen molar-refractivity contribution in [2.45, 2.75) is 32.6 Å². The topological polar surface area (TPSA) is 102 Å². The number of nitrogens with one attached hydrogen (secondary N) is 2. The molecule has 148 valence electrons. The molecule has 9 heteroatoms. The number of hydrogen-bond acceptors (Lipinski definition) is 6. The molecule has 0 amide bonds. The van der Waals surface area contributed by atoms with E-state index >= 15 is 0 Å². The Kier molecular flexibility index (Phi) is 5.76. The average Bonchev–Trinajstić information content (AvgIpc) is 3.16. The van der Waals surface area contributed by atoms with Crippen LogP contribution in [0.3, 0.4) is 0 Å². The fourth-order valence-electron chi connectivity index (χ4n) is 2.84. The van der Waals surface area contributed by atoms with Crippen LogP contribution in [0.2, 0.25) is 0 Å². The van der Waals surface area contributed by atoms with Gasteiger partial charge in [-0.15, -0.1) is 0 Å². The minimum Gasteiger partial charge on any atom is -0.369 e. The highest BCUT2D eigenvalue weighted by Gasteiger charge is 2.17. The van der Waals surface area contributed by atoms with Crippen LogP contribution in [-0.4, -0.2) is 41.3 Å². The van der Waals surface area contributed by atoms with Crippen molar-refractivity contribution < 1.29 is 8.42 Å². The van der Waals surface area contributed by atoms with Crippen molar-refractivity contribution >= 4 is 15.8 Å². The molecule has 3 aromatic rings. The molecule has 0 aliphatic carbocycles. The number of sulfonamides is 1. The quantitative estimate of drug-likeness (QED) is 0.590. The van der Waals surface area contributed by atoms with Crippen molar-refractivity contribution in [3.63, 3.8) is 0 Å². The van der Waals surface area contributed by atoms with Gasteiger partial charge in [-0.3, -0.25) is 0 Å². The Morgan fingerprint density at radius 1 is 0.964 bits per heavy atom. The van der Waals surface area contributed by atoms with Gasteiger partial charge in [0.2, 0.25) is 10.0 Å². The lowest BCUT2D eigenvalue weighted by Gasteiger charge is -2.13. The molecule has 2 N–H and O–H groups in total. The molecule has 0 aliphatic heterocycles. The Labute approximate surface area is 165 Å². The summed E-state index contributed by atoms with van der Waals surface area (Å²) in [6.07, 6.45) is 3.47. The molecule has 0 bridgehead atoms. The average molecular weight is 401 g/mol. The first-order chi connectivity index (χ1) is 13.3. The summed E-state index contributed by atoms with van der Waals surface area (Å²) in [6, 6.07) is 7.18. The van der Waals surface area contributed by atoms with Gasteiger partial charge < -0.3 is 5.32 Å². The zero-order valence-electron chi connectivity index (χ0n) is 16.4. The fraction of sp³-hybridized carbons (Fsp3) is 0.316. The summed E-state index contributed by atoms with van der Waals surface area (Å²) in [5.74, 6) is 1.85. The van der Waals surface area contributed by atoms with E-state index in [-0.39, 0.29) is 6.54 Å². The summed E-state index contributed by atoms with van der Waals surface area (Å²) >= 11 is 0. The molecule has 0 spiro atoms. The van der Waals surface area contributed by atoms with E-state index in [2.05, 4.69) is 25.1 Å². The van der Waals surface area contributed by atoms with Crippen molar-refractivity contribution in [2.24, 2.45) is 0 Å². The van der Waals surface area contributed by atoms with E-state index in [0.717, 1.165) is 16.7 Å². The highest BCUT2D eigenvalue weighted by atomic mass is 32.2. The van der Waals surface area contributed by atoms with Crippen molar-refractivity contribution in [1.29, 1.82) is 0 Å². The van der Waals surface area contributed by atoms with Gasteiger partial charge in [0.05, 0.1) is 4.90 Å². The summed E-state index contributed by atoms with van der Waals surface area (Å²) in [5, 5.41) is 7.29. The fourth-order valence-corrected chi connectivity index (χ4v) is 4.18. The summed E-state index contributed by atoms with van der Waals surface area (Å²) in [5.41, 5.74) is 2.76. The lowest BCUT2D eigenvalue weighted by Crippen LogP contribution is -2.29. The van der Waals surface area contributed by atoms with E-state index in [1.54, 1.807) is 43.1 Å². The van der Waals surface area contributed by atoms with E-state index in [9.17, 15) is 8.42 Å². The number of anilines is 1. The van der Waals surface area contributed by atoms with Gasteiger partial charge in [-0.05, 0) is 56.5 Å². The smallest absolute Gasteiger partial charge is 0.240 e. The molecular formula is C19H24N6O2S. The second-order valence-corrected chi connectivity index (χ2v) is 8.37. The van der Waals surface area contributed by atoms with Crippen molar-refractivity contribution in [1.82, 2.24) is 24.5 Å². The molecule has 0 unspecified atom stereocenters. The van der Waals surface area contributed by atoms with Crippen LogP contribution in [0.1, 0.15) is 22.5 Å². The van der Waals surface area contributed by atoms with E-state index in [1.807, 2.05) is 26.0 Å². The van der Waals surface area contributed by atoms with E-state index < -0.39 is 10.0 Å². The van der Waals surface area contributed by atoms with Crippen LogP contribution in [0.15, 0.2) is 41.6 Å². The molecule has 28 heavy (non-hydrogen) atoms. The third-order valence-electron chi connectivity index (χ3n) is 4.37. The lowest BCUT2D eigenvalue weighted by molar-refractivity contribution is 0.582. The van der Waals surface area contributed by atoms with E-state index in [4.69, 9.17) is 0 Å². The maximum Gasteiger partial charge on any atom is 0.240 e. The van der Waals surface area contributed by atoms with Crippen LogP contribution in [0.5, 0.6) is 0 Å². The maximum absolute atomic E-state index is 12.6. The first kappa shape index (κ1) is 20.0. The molecule has 0 saturated carbocycles. The first-order valence-corrected chi connectivity index (χ1v) is 10.4. The molecule has 1 aromatic carbocycles. The van der Waals surface area contributed by atoms with Crippen molar-refractivity contribution in [3.05, 3.63) is 59.2 Å². The molecule has 3 rings (SSSR count). The molecule has 8 nitrogen and oxygen atoms in total. The van der Waals surface area contributed by atoms with Gasteiger partial charge in [-0.2, -0.15) is 5.10 Å². The highest BCUT2D eigenvalue weighted by Crippen LogP contribution is 2.19. The number of hydrogen-bond donors (Lipinski definition) is 2. The zero-order valence-corrected chi connectivity index (χ0v) is 17.2. The standard InChI is InChI=1S/C19H24N6O2S/c1-13-10-15(3)17(11-14(13)2)28(26,27)22-8-7-20-18-12-19(24-16(4)23-18)25-9-5-6-21-25/h5-6,9-12,22H,7-8H2,1-4H3,(H,20,23,24).